The number of hydrogen-bond donors (Lipinski definition) is 1. The Hall–Kier alpha value is -2.73. The number of aromatic carboxylic acids is 1. The molecule has 0 heterocycles. The summed E-state index contributed by atoms with van der Waals surface area (Å²) >= 11 is 0. The van der Waals surface area contributed by atoms with Gasteiger partial charge in [0, 0.05) is 11.1 Å². The zero-order chi connectivity index (χ0) is 20.7. The molecular formula is C25H28O3. The van der Waals surface area contributed by atoms with Gasteiger partial charge in [-0.25, -0.2) is 4.79 Å². The van der Waals surface area contributed by atoms with Crippen LogP contribution in [0.2, 0.25) is 0 Å². The molecule has 0 aromatic heterocycles. The van der Waals surface area contributed by atoms with Gasteiger partial charge in [-0.3, -0.25) is 0 Å². The molecule has 2 aromatic rings. The van der Waals surface area contributed by atoms with E-state index in [1.807, 2.05) is 0 Å². The monoisotopic (exact) mass is 376 g/mol. The van der Waals surface area contributed by atoms with Crippen LogP contribution in [-0.4, -0.2) is 18.2 Å². The second-order valence-electron chi connectivity index (χ2n) is 8.92. The van der Waals surface area contributed by atoms with Crippen molar-refractivity contribution in [2.45, 2.75) is 58.3 Å². The standard InChI is InChI=1S/C25H28O3/c1-16-15-20-21(25(4,5)14-13-24(20,2)3)22(28-6)19(16)12-9-17-7-10-18(11-8-17)23(26)27/h7-8,10-11,15H,13-14H2,1-6H3,(H,26,27). The molecule has 146 valence electrons. The van der Waals surface area contributed by atoms with Gasteiger partial charge in [0.2, 0.25) is 0 Å². The van der Waals surface area contributed by atoms with Gasteiger partial charge in [0.1, 0.15) is 5.75 Å². The fraction of sp³-hybridized carbons (Fsp3) is 0.400. The lowest BCUT2D eigenvalue weighted by atomic mass is 9.62. The molecule has 3 nitrogen and oxygen atoms in total. The lowest BCUT2D eigenvalue weighted by Crippen LogP contribution is -2.34. The quantitative estimate of drug-likeness (QED) is 0.709. The number of carboxylic acids is 1. The smallest absolute Gasteiger partial charge is 0.335 e. The van der Waals surface area contributed by atoms with Crippen LogP contribution in [0, 0.1) is 18.8 Å². The van der Waals surface area contributed by atoms with Gasteiger partial charge in [-0.1, -0.05) is 45.6 Å². The molecule has 3 rings (SSSR count). The van der Waals surface area contributed by atoms with E-state index in [2.05, 4.69) is 52.5 Å². The fourth-order valence-corrected chi connectivity index (χ4v) is 4.07. The van der Waals surface area contributed by atoms with Crippen LogP contribution in [-0.2, 0) is 10.8 Å². The van der Waals surface area contributed by atoms with E-state index in [0.717, 1.165) is 35.3 Å². The Bertz CT molecular complexity index is 983. The van der Waals surface area contributed by atoms with E-state index in [1.165, 1.54) is 11.1 Å². The second-order valence-corrected chi connectivity index (χ2v) is 8.92. The molecule has 0 fully saturated rings. The Kier molecular flexibility index (Phi) is 5.02. The van der Waals surface area contributed by atoms with Crippen molar-refractivity contribution >= 4 is 5.97 Å². The van der Waals surface area contributed by atoms with E-state index in [0.29, 0.717) is 0 Å². The number of carbonyl (C=O) groups is 1. The molecule has 2 aromatic carbocycles. The highest BCUT2D eigenvalue weighted by Gasteiger charge is 2.40. The summed E-state index contributed by atoms with van der Waals surface area (Å²) in [5.74, 6) is 6.41. The number of benzene rings is 2. The molecule has 28 heavy (non-hydrogen) atoms. The Morgan fingerprint density at radius 2 is 1.64 bits per heavy atom. The fourth-order valence-electron chi connectivity index (χ4n) is 4.07. The SMILES string of the molecule is COc1c(C#Cc2ccc(C(=O)O)cc2)c(C)cc2c1C(C)(C)CCC2(C)C. The molecule has 0 unspecified atom stereocenters. The van der Waals surface area contributed by atoms with Crippen LogP contribution in [0.1, 0.15) is 78.7 Å². The van der Waals surface area contributed by atoms with Crippen LogP contribution >= 0.6 is 0 Å². The van der Waals surface area contributed by atoms with Gasteiger partial charge >= 0.3 is 5.97 Å². The molecule has 0 saturated carbocycles. The molecule has 0 aliphatic heterocycles. The maximum atomic E-state index is 11.0. The number of ether oxygens (including phenoxy) is 1. The summed E-state index contributed by atoms with van der Waals surface area (Å²) in [7, 11) is 1.72. The van der Waals surface area contributed by atoms with E-state index in [9.17, 15) is 4.79 Å². The summed E-state index contributed by atoms with van der Waals surface area (Å²) in [6.45, 7) is 11.2. The molecular weight excluding hydrogens is 348 g/mol. The van der Waals surface area contributed by atoms with Crippen LogP contribution in [0.25, 0.3) is 0 Å². The molecule has 0 amide bonds. The van der Waals surface area contributed by atoms with Gasteiger partial charge < -0.3 is 9.84 Å². The van der Waals surface area contributed by atoms with E-state index in [1.54, 1.807) is 31.4 Å². The Balaban J connectivity index is 2.15. The maximum Gasteiger partial charge on any atom is 0.335 e. The first-order valence-corrected chi connectivity index (χ1v) is 9.65. The minimum absolute atomic E-state index is 0.0312. The van der Waals surface area contributed by atoms with Gasteiger partial charge in [0.15, 0.2) is 0 Å². The van der Waals surface area contributed by atoms with Gasteiger partial charge in [-0.05, 0) is 66.0 Å². The van der Waals surface area contributed by atoms with Crippen LogP contribution in [0.3, 0.4) is 0 Å². The van der Waals surface area contributed by atoms with Crippen molar-refractivity contribution in [3.63, 3.8) is 0 Å². The highest BCUT2D eigenvalue weighted by atomic mass is 16.5. The van der Waals surface area contributed by atoms with Crippen molar-refractivity contribution in [2.24, 2.45) is 0 Å². The molecule has 3 heteroatoms. The van der Waals surface area contributed by atoms with E-state index < -0.39 is 5.97 Å². The summed E-state index contributed by atoms with van der Waals surface area (Å²) in [5.41, 5.74) is 5.83. The summed E-state index contributed by atoms with van der Waals surface area (Å²) in [6, 6.07) is 8.91. The third-order valence-corrected chi connectivity index (χ3v) is 5.93. The van der Waals surface area contributed by atoms with Crippen molar-refractivity contribution in [3.8, 4) is 17.6 Å². The molecule has 0 saturated heterocycles. The average Bonchev–Trinajstić information content (AvgIpc) is 2.64. The Morgan fingerprint density at radius 3 is 2.21 bits per heavy atom. The molecule has 1 N–H and O–H groups in total. The van der Waals surface area contributed by atoms with E-state index >= 15 is 0 Å². The van der Waals surface area contributed by atoms with Crippen molar-refractivity contribution in [1.29, 1.82) is 0 Å². The van der Waals surface area contributed by atoms with Crippen molar-refractivity contribution in [1.82, 2.24) is 0 Å². The zero-order valence-corrected chi connectivity index (χ0v) is 17.6. The number of carboxylic acid groups (broad SMARTS) is 1. The third-order valence-electron chi connectivity index (χ3n) is 5.93. The maximum absolute atomic E-state index is 11.0. The second kappa shape index (κ2) is 7.02. The van der Waals surface area contributed by atoms with Crippen molar-refractivity contribution in [3.05, 3.63) is 63.7 Å². The summed E-state index contributed by atoms with van der Waals surface area (Å²) in [5, 5.41) is 9.04. The van der Waals surface area contributed by atoms with Gasteiger partial charge in [0.25, 0.3) is 0 Å². The highest BCUT2D eigenvalue weighted by molar-refractivity contribution is 5.87. The van der Waals surface area contributed by atoms with Crippen LogP contribution in [0.15, 0.2) is 30.3 Å². The molecule has 1 aliphatic carbocycles. The van der Waals surface area contributed by atoms with Gasteiger partial charge in [-0.2, -0.15) is 0 Å². The molecule has 0 bridgehead atoms. The Labute approximate surface area is 167 Å². The summed E-state index contributed by atoms with van der Waals surface area (Å²) in [4.78, 5) is 11.0. The number of aryl methyl sites for hydroxylation is 1. The Morgan fingerprint density at radius 1 is 1.04 bits per heavy atom. The minimum Gasteiger partial charge on any atom is -0.495 e. The first-order valence-electron chi connectivity index (χ1n) is 9.65. The van der Waals surface area contributed by atoms with Crippen LogP contribution in [0.4, 0.5) is 0 Å². The van der Waals surface area contributed by atoms with Gasteiger partial charge in [0.05, 0.1) is 18.2 Å². The summed E-state index contributed by atoms with van der Waals surface area (Å²) < 4.78 is 5.91. The lowest BCUT2D eigenvalue weighted by molar-refractivity contribution is 0.0697. The predicted octanol–water partition coefficient (Wildman–Crippen LogP) is 5.45. The lowest BCUT2D eigenvalue weighted by Gasteiger charge is -2.43. The van der Waals surface area contributed by atoms with Crippen molar-refractivity contribution in [2.75, 3.05) is 7.11 Å². The summed E-state index contributed by atoms with van der Waals surface area (Å²) in [6.07, 6.45) is 2.26. The number of fused-ring (bicyclic) bond motifs is 1. The number of rotatable bonds is 2. The zero-order valence-electron chi connectivity index (χ0n) is 17.6. The van der Waals surface area contributed by atoms with Crippen molar-refractivity contribution < 1.29 is 14.6 Å². The molecule has 0 atom stereocenters. The highest BCUT2D eigenvalue weighted by Crippen LogP contribution is 2.50. The first-order chi connectivity index (χ1) is 13.1. The van der Waals surface area contributed by atoms with Crippen LogP contribution in [0.5, 0.6) is 5.75 Å². The minimum atomic E-state index is -0.934. The van der Waals surface area contributed by atoms with E-state index in [-0.39, 0.29) is 16.4 Å². The molecule has 0 radical (unpaired) electrons. The largest absolute Gasteiger partial charge is 0.495 e. The number of methoxy groups -OCH3 is 1. The molecule has 0 spiro atoms. The first kappa shape index (κ1) is 20.0. The molecule has 1 aliphatic rings. The normalized spacial score (nSPS) is 16.5. The predicted molar refractivity (Wildman–Crippen MR) is 112 cm³/mol. The van der Waals surface area contributed by atoms with Crippen LogP contribution < -0.4 is 4.74 Å². The van der Waals surface area contributed by atoms with E-state index in [4.69, 9.17) is 9.84 Å². The average molecular weight is 376 g/mol. The van der Waals surface area contributed by atoms with Gasteiger partial charge in [-0.15, -0.1) is 0 Å². The third kappa shape index (κ3) is 3.52. The topological polar surface area (TPSA) is 46.5 Å². The number of hydrogen-bond acceptors (Lipinski definition) is 2.